The molecule has 0 radical (unpaired) electrons. The van der Waals surface area contributed by atoms with Gasteiger partial charge in [0.1, 0.15) is 0 Å². The average Bonchev–Trinajstić information content (AvgIpc) is 2.65. The van der Waals surface area contributed by atoms with Gasteiger partial charge in [0, 0.05) is 26.1 Å². The predicted octanol–water partition coefficient (Wildman–Crippen LogP) is 3.51. The number of piperidine rings is 1. The van der Waals surface area contributed by atoms with Gasteiger partial charge in [-0.05, 0) is 61.8 Å². The molecule has 5 heteroatoms. The lowest BCUT2D eigenvalue weighted by Crippen LogP contribution is -2.39. The molecule has 1 heterocycles. The lowest BCUT2D eigenvalue weighted by molar-refractivity contribution is -0.121. The van der Waals surface area contributed by atoms with E-state index >= 15 is 0 Å². The molecule has 2 atom stereocenters. The lowest BCUT2D eigenvalue weighted by atomic mass is 9.92. The Labute approximate surface area is 164 Å². The Hall–Kier alpha value is -1.75. The highest BCUT2D eigenvalue weighted by molar-refractivity contribution is 5.76. The monoisotopic (exact) mass is 376 g/mol. The Balaban J connectivity index is 1.60. The van der Waals surface area contributed by atoms with Crippen LogP contribution in [0.25, 0.3) is 0 Å². The van der Waals surface area contributed by atoms with Crippen LogP contribution in [0.4, 0.5) is 0 Å². The molecule has 5 nitrogen and oxygen atoms in total. The van der Waals surface area contributed by atoms with Gasteiger partial charge in [-0.2, -0.15) is 0 Å². The molecule has 0 aromatic heterocycles. The Bertz CT molecular complexity index is 581. The van der Waals surface area contributed by atoms with Gasteiger partial charge in [0.15, 0.2) is 11.5 Å². The van der Waals surface area contributed by atoms with Crippen molar-refractivity contribution in [1.29, 1.82) is 0 Å². The SMILES string of the molecule is COc1ccc(CCC(=O)NCCCCN2CC(C)CC(C)C2)cc1OC. The summed E-state index contributed by atoms with van der Waals surface area (Å²) in [4.78, 5) is 14.6. The maximum Gasteiger partial charge on any atom is 0.220 e. The highest BCUT2D eigenvalue weighted by Gasteiger charge is 2.20. The first-order valence-electron chi connectivity index (χ1n) is 10.2. The molecule has 0 aliphatic carbocycles. The molecule has 1 aliphatic heterocycles. The van der Waals surface area contributed by atoms with Gasteiger partial charge in [0.25, 0.3) is 0 Å². The minimum atomic E-state index is 0.116. The van der Waals surface area contributed by atoms with Crippen LogP contribution in [0.15, 0.2) is 18.2 Å². The molecule has 1 fully saturated rings. The minimum absolute atomic E-state index is 0.116. The third kappa shape index (κ3) is 7.41. The van der Waals surface area contributed by atoms with Crippen molar-refractivity contribution < 1.29 is 14.3 Å². The number of ether oxygens (including phenoxy) is 2. The van der Waals surface area contributed by atoms with Gasteiger partial charge < -0.3 is 19.7 Å². The highest BCUT2D eigenvalue weighted by Crippen LogP contribution is 2.28. The Morgan fingerprint density at radius 1 is 1.11 bits per heavy atom. The number of likely N-dealkylation sites (tertiary alicyclic amines) is 1. The molecular weight excluding hydrogens is 340 g/mol. The zero-order chi connectivity index (χ0) is 19.6. The van der Waals surface area contributed by atoms with E-state index in [9.17, 15) is 4.79 Å². The molecule has 27 heavy (non-hydrogen) atoms. The van der Waals surface area contributed by atoms with E-state index in [0.29, 0.717) is 24.3 Å². The molecule has 1 amide bonds. The van der Waals surface area contributed by atoms with Gasteiger partial charge in [0.05, 0.1) is 14.2 Å². The summed E-state index contributed by atoms with van der Waals surface area (Å²) >= 11 is 0. The third-order valence-electron chi connectivity index (χ3n) is 5.26. The van der Waals surface area contributed by atoms with E-state index in [4.69, 9.17) is 9.47 Å². The van der Waals surface area contributed by atoms with Gasteiger partial charge in [-0.3, -0.25) is 4.79 Å². The first-order valence-corrected chi connectivity index (χ1v) is 10.2. The first kappa shape index (κ1) is 21.5. The van der Waals surface area contributed by atoms with Crippen LogP contribution in [0.5, 0.6) is 11.5 Å². The summed E-state index contributed by atoms with van der Waals surface area (Å²) in [5, 5.41) is 3.05. The van der Waals surface area contributed by atoms with Crippen LogP contribution in [-0.2, 0) is 11.2 Å². The van der Waals surface area contributed by atoms with Crippen molar-refractivity contribution in [3.05, 3.63) is 23.8 Å². The van der Waals surface area contributed by atoms with Crippen LogP contribution in [-0.4, -0.2) is 51.2 Å². The van der Waals surface area contributed by atoms with Crippen LogP contribution < -0.4 is 14.8 Å². The fraction of sp³-hybridized carbons (Fsp3) is 0.682. The molecule has 1 saturated heterocycles. The van der Waals surface area contributed by atoms with E-state index in [-0.39, 0.29) is 5.91 Å². The van der Waals surface area contributed by atoms with Crippen molar-refractivity contribution >= 4 is 5.91 Å². The van der Waals surface area contributed by atoms with Crippen LogP contribution in [0.3, 0.4) is 0 Å². The van der Waals surface area contributed by atoms with Gasteiger partial charge >= 0.3 is 0 Å². The van der Waals surface area contributed by atoms with E-state index in [1.54, 1.807) is 14.2 Å². The predicted molar refractivity (Wildman–Crippen MR) is 109 cm³/mol. The molecular formula is C22H36N2O3. The normalized spacial score (nSPS) is 20.3. The van der Waals surface area contributed by atoms with Crippen molar-refractivity contribution in [2.45, 2.75) is 46.0 Å². The number of benzene rings is 1. The number of hydrogen-bond acceptors (Lipinski definition) is 4. The van der Waals surface area contributed by atoms with E-state index in [1.165, 1.54) is 19.5 Å². The zero-order valence-electron chi connectivity index (χ0n) is 17.4. The zero-order valence-corrected chi connectivity index (χ0v) is 17.4. The van der Waals surface area contributed by atoms with Crippen LogP contribution in [0.1, 0.15) is 45.1 Å². The molecule has 2 rings (SSSR count). The van der Waals surface area contributed by atoms with Gasteiger partial charge in [-0.1, -0.05) is 19.9 Å². The fourth-order valence-electron chi connectivity index (χ4n) is 4.05. The number of unbranched alkanes of at least 4 members (excludes halogenated alkanes) is 1. The van der Waals surface area contributed by atoms with E-state index < -0.39 is 0 Å². The maximum atomic E-state index is 12.1. The second-order valence-electron chi connectivity index (χ2n) is 7.95. The van der Waals surface area contributed by atoms with Gasteiger partial charge in [0.2, 0.25) is 5.91 Å². The largest absolute Gasteiger partial charge is 0.493 e. The number of hydrogen-bond donors (Lipinski definition) is 1. The number of aryl methyl sites for hydroxylation is 1. The van der Waals surface area contributed by atoms with Crippen molar-refractivity contribution in [2.24, 2.45) is 11.8 Å². The molecule has 152 valence electrons. The highest BCUT2D eigenvalue weighted by atomic mass is 16.5. The second kappa shape index (κ2) is 11.2. The van der Waals surface area contributed by atoms with E-state index in [1.807, 2.05) is 18.2 Å². The maximum absolute atomic E-state index is 12.1. The van der Waals surface area contributed by atoms with E-state index in [2.05, 4.69) is 24.1 Å². The molecule has 0 bridgehead atoms. The summed E-state index contributed by atoms with van der Waals surface area (Å²) in [5.74, 6) is 3.15. The Morgan fingerprint density at radius 2 is 1.81 bits per heavy atom. The lowest BCUT2D eigenvalue weighted by Gasteiger charge is -2.34. The standard InChI is InChI=1S/C22H36N2O3/c1-17-13-18(2)16-24(15-17)12-6-5-11-23-22(25)10-8-19-7-9-20(26-3)21(14-19)27-4/h7,9,14,17-18H,5-6,8,10-13,15-16H2,1-4H3,(H,23,25). The van der Waals surface area contributed by atoms with Crippen LogP contribution >= 0.6 is 0 Å². The number of amides is 1. The number of nitrogens with zero attached hydrogens (tertiary/aromatic N) is 1. The number of carbonyl (C=O) groups is 1. The summed E-state index contributed by atoms with van der Waals surface area (Å²) in [6, 6.07) is 5.80. The third-order valence-corrected chi connectivity index (χ3v) is 5.26. The van der Waals surface area contributed by atoms with Crippen molar-refractivity contribution in [1.82, 2.24) is 10.2 Å². The summed E-state index contributed by atoms with van der Waals surface area (Å²) in [6.45, 7) is 9.06. The van der Waals surface area contributed by atoms with Crippen molar-refractivity contribution in [3.8, 4) is 11.5 Å². The fourth-order valence-corrected chi connectivity index (χ4v) is 4.05. The molecule has 1 aromatic carbocycles. The topological polar surface area (TPSA) is 50.8 Å². The van der Waals surface area contributed by atoms with Gasteiger partial charge in [-0.25, -0.2) is 0 Å². The number of carbonyl (C=O) groups excluding carboxylic acids is 1. The molecule has 0 saturated carbocycles. The number of rotatable bonds is 10. The quantitative estimate of drug-likeness (QED) is 0.635. The molecule has 1 aliphatic rings. The van der Waals surface area contributed by atoms with Gasteiger partial charge in [-0.15, -0.1) is 0 Å². The summed E-state index contributed by atoms with van der Waals surface area (Å²) < 4.78 is 10.5. The first-order chi connectivity index (χ1) is 13.0. The van der Waals surface area contributed by atoms with E-state index in [0.717, 1.165) is 43.3 Å². The molecule has 1 aromatic rings. The van der Waals surface area contributed by atoms with Crippen LogP contribution in [0.2, 0.25) is 0 Å². The smallest absolute Gasteiger partial charge is 0.220 e. The average molecular weight is 377 g/mol. The van der Waals surface area contributed by atoms with Crippen molar-refractivity contribution in [3.63, 3.8) is 0 Å². The molecule has 1 N–H and O–H groups in total. The van der Waals surface area contributed by atoms with Crippen molar-refractivity contribution in [2.75, 3.05) is 40.4 Å². The number of nitrogens with one attached hydrogen (secondary N) is 1. The Morgan fingerprint density at radius 3 is 2.48 bits per heavy atom. The van der Waals surface area contributed by atoms with Crippen LogP contribution in [0, 0.1) is 11.8 Å². The Kier molecular flexibility index (Phi) is 8.92. The number of methoxy groups -OCH3 is 2. The second-order valence-corrected chi connectivity index (χ2v) is 7.95. The summed E-state index contributed by atoms with van der Waals surface area (Å²) in [5.41, 5.74) is 1.08. The summed E-state index contributed by atoms with van der Waals surface area (Å²) in [6.07, 6.45) is 4.75. The summed E-state index contributed by atoms with van der Waals surface area (Å²) in [7, 11) is 3.25. The minimum Gasteiger partial charge on any atom is -0.493 e. The molecule has 2 unspecified atom stereocenters. The molecule has 0 spiro atoms.